The molecule has 2 heterocycles. The monoisotopic (exact) mass is 319 g/mol. The summed E-state index contributed by atoms with van der Waals surface area (Å²) in [6, 6.07) is 9.61. The highest BCUT2D eigenvalue weighted by Gasteiger charge is 2.28. The number of benzene rings is 1. The Hall–Kier alpha value is -3.20. The lowest BCUT2D eigenvalue weighted by molar-refractivity contribution is 0.221. The zero-order chi connectivity index (χ0) is 16.9. The van der Waals surface area contributed by atoms with Crippen LogP contribution in [0.3, 0.4) is 0 Å². The maximum atomic E-state index is 12.4. The number of amides is 2. The third-order valence-corrected chi connectivity index (χ3v) is 3.94. The summed E-state index contributed by atoms with van der Waals surface area (Å²) in [6.45, 7) is 5.82. The Balaban J connectivity index is 1.74. The lowest BCUT2D eigenvalue weighted by atomic mass is 10.1. The van der Waals surface area contributed by atoms with Crippen molar-refractivity contribution in [2.24, 2.45) is 0 Å². The lowest BCUT2D eigenvalue weighted by Crippen LogP contribution is -2.32. The van der Waals surface area contributed by atoms with Gasteiger partial charge in [0.2, 0.25) is 0 Å². The van der Waals surface area contributed by atoms with Gasteiger partial charge in [-0.25, -0.2) is 9.78 Å². The molecule has 0 bridgehead atoms. The molecule has 1 saturated heterocycles. The van der Waals surface area contributed by atoms with E-state index in [4.69, 9.17) is 5.26 Å². The molecule has 0 aliphatic carbocycles. The fourth-order valence-corrected chi connectivity index (χ4v) is 2.62. The van der Waals surface area contributed by atoms with E-state index in [0.717, 1.165) is 24.2 Å². The summed E-state index contributed by atoms with van der Waals surface area (Å²) in [4.78, 5) is 24.3. The maximum absolute atomic E-state index is 12.4. The van der Waals surface area contributed by atoms with Gasteiger partial charge >= 0.3 is 6.03 Å². The zero-order valence-electron chi connectivity index (χ0n) is 13.2. The molecule has 2 aromatic rings. The van der Waals surface area contributed by atoms with Crippen molar-refractivity contribution in [3.8, 4) is 17.3 Å². The van der Waals surface area contributed by atoms with Crippen molar-refractivity contribution in [1.29, 1.82) is 5.26 Å². The summed E-state index contributed by atoms with van der Waals surface area (Å²) in [7, 11) is 0. The minimum Gasteiger partial charge on any atom is -0.322 e. The summed E-state index contributed by atoms with van der Waals surface area (Å²) in [5.41, 5.74) is 2.75. The fraction of sp³-hybridized carbons (Fsp3) is 0.222. The second-order valence-corrected chi connectivity index (χ2v) is 5.44. The van der Waals surface area contributed by atoms with E-state index in [0.29, 0.717) is 18.8 Å². The number of hydrogen-bond acceptors (Lipinski definition) is 4. The van der Waals surface area contributed by atoms with Crippen LogP contribution < -0.4 is 4.90 Å². The van der Waals surface area contributed by atoms with Crippen molar-refractivity contribution in [1.82, 2.24) is 14.9 Å². The van der Waals surface area contributed by atoms with E-state index in [1.165, 1.54) is 6.20 Å². The molecule has 24 heavy (non-hydrogen) atoms. The number of hydrogen-bond donors (Lipinski definition) is 0. The van der Waals surface area contributed by atoms with Gasteiger partial charge in [-0.1, -0.05) is 18.2 Å². The van der Waals surface area contributed by atoms with Gasteiger partial charge in [0.1, 0.15) is 6.07 Å². The second-order valence-electron chi connectivity index (χ2n) is 5.44. The number of urea groups is 1. The molecule has 1 aliphatic heterocycles. The molecule has 0 unspecified atom stereocenters. The highest BCUT2D eigenvalue weighted by atomic mass is 16.2. The first-order valence-electron chi connectivity index (χ1n) is 7.73. The first-order valence-corrected chi connectivity index (χ1v) is 7.73. The van der Waals surface area contributed by atoms with E-state index in [1.54, 1.807) is 11.1 Å². The predicted molar refractivity (Wildman–Crippen MR) is 91.3 cm³/mol. The standard InChI is InChI=1S/C18H17N5O/c1-2-3-8-22-9-10-23(18(22)24)16-6-4-14(5-7-16)17-13-20-15(11-19)12-21-17/h2,4-7,12-13H,1,3,8-10H2. The fourth-order valence-electron chi connectivity index (χ4n) is 2.62. The Labute approximate surface area is 140 Å². The van der Waals surface area contributed by atoms with Crippen molar-refractivity contribution in [2.45, 2.75) is 6.42 Å². The highest BCUT2D eigenvalue weighted by molar-refractivity contribution is 5.94. The third kappa shape index (κ3) is 3.10. The van der Waals surface area contributed by atoms with E-state index in [-0.39, 0.29) is 11.7 Å². The van der Waals surface area contributed by atoms with E-state index >= 15 is 0 Å². The summed E-state index contributed by atoms with van der Waals surface area (Å²) in [5, 5.41) is 8.76. The summed E-state index contributed by atoms with van der Waals surface area (Å²) in [5.74, 6) is 0. The summed E-state index contributed by atoms with van der Waals surface area (Å²) in [6.07, 6.45) is 5.65. The van der Waals surface area contributed by atoms with E-state index in [2.05, 4.69) is 16.5 Å². The predicted octanol–water partition coefficient (Wildman–Crippen LogP) is 2.83. The van der Waals surface area contributed by atoms with Crippen LogP contribution >= 0.6 is 0 Å². The van der Waals surface area contributed by atoms with Crippen LogP contribution in [-0.2, 0) is 0 Å². The van der Waals surface area contributed by atoms with Crippen molar-refractivity contribution < 1.29 is 4.79 Å². The first kappa shape index (κ1) is 15.7. The van der Waals surface area contributed by atoms with Gasteiger partial charge in [0.25, 0.3) is 0 Å². The Morgan fingerprint density at radius 3 is 2.62 bits per heavy atom. The molecule has 6 heteroatoms. The van der Waals surface area contributed by atoms with Crippen molar-refractivity contribution in [2.75, 3.05) is 24.5 Å². The summed E-state index contributed by atoms with van der Waals surface area (Å²) >= 11 is 0. The quantitative estimate of drug-likeness (QED) is 0.794. The third-order valence-electron chi connectivity index (χ3n) is 3.94. The van der Waals surface area contributed by atoms with Gasteiger partial charge in [0, 0.05) is 30.9 Å². The number of aromatic nitrogens is 2. The maximum Gasteiger partial charge on any atom is 0.324 e. The number of carbonyl (C=O) groups is 1. The Morgan fingerprint density at radius 2 is 2.00 bits per heavy atom. The van der Waals surface area contributed by atoms with Crippen molar-refractivity contribution in [3.63, 3.8) is 0 Å². The molecule has 1 aromatic carbocycles. The largest absolute Gasteiger partial charge is 0.324 e. The van der Waals surface area contributed by atoms with Crippen LogP contribution in [0.1, 0.15) is 12.1 Å². The van der Waals surface area contributed by atoms with Gasteiger partial charge in [-0.15, -0.1) is 6.58 Å². The van der Waals surface area contributed by atoms with Crippen LogP contribution in [0.25, 0.3) is 11.3 Å². The average Bonchev–Trinajstić information content (AvgIpc) is 3.01. The van der Waals surface area contributed by atoms with Crippen LogP contribution in [-0.4, -0.2) is 40.5 Å². The van der Waals surface area contributed by atoms with Gasteiger partial charge in [-0.3, -0.25) is 9.88 Å². The topological polar surface area (TPSA) is 73.1 Å². The Morgan fingerprint density at radius 1 is 1.21 bits per heavy atom. The SMILES string of the molecule is C=CCCN1CCN(c2ccc(-c3cnc(C#N)cn3)cc2)C1=O. The summed E-state index contributed by atoms with van der Waals surface area (Å²) < 4.78 is 0. The van der Waals surface area contributed by atoms with Gasteiger partial charge in [0.05, 0.1) is 18.1 Å². The molecule has 6 nitrogen and oxygen atoms in total. The van der Waals surface area contributed by atoms with Crippen LogP contribution in [0.4, 0.5) is 10.5 Å². The Bertz CT molecular complexity index is 777. The normalized spacial score (nSPS) is 13.9. The van der Waals surface area contributed by atoms with Crippen molar-refractivity contribution >= 4 is 11.7 Å². The van der Waals surface area contributed by atoms with Crippen LogP contribution in [0.15, 0.2) is 49.3 Å². The molecular weight excluding hydrogens is 302 g/mol. The first-order chi connectivity index (χ1) is 11.7. The molecule has 0 spiro atoms. The molecule has 120 valence electrons. The van der Waals surface area contributed by atoms with Crippen LogP contribution in [0.5, 0.6) is 0 Å². The molecule has 3 rings (SSSR count). The highest BCUT2D eigenvalue weighted by Crippen LogP contribution is 2.24. The molecule has 2 amide bonds. The van der Waals surface area contributed by atoms with Gasteiger partial charge in [-0.05, 0) is 18.6 Å². The van der Waals surface area contributed by atoms with Gasteiger partial charge < -0.3 is 4.90 Å². The molecule has 1 aromatic heterocycles. The number of rotatable bonds is 5. The van der Waals surface area contributed by atoms with E-state index in [1.807, 2.05) is 41.3 Å². The molecule has 1 fully saturated rings. The minimum atomic E-state index is 0.0303. The minimum absolute atomic E-state index is 0.0303. The molecule has 0 atom stereocenters. The van der Waals surface area contributed by atoms with Crippen molar-refractivity contribution in [3.05, 3.63) is 55.0 Å². The van der Waals surface area contributed by atoms with Gasteiger partial charge in [-0.2, -0.15) is 5.26 Å². The van der Waals surface area contributed by atoms with Crippen LogP contribution in [0.2, 0.25) is 0 Å². The molecular formula is C18H17N5O. The van der Waals surface area contributed by atoms with Crippen LogP contribution in [0, 0.1) is 11.3 Å². The number of nitriles is 1. The Kier molecular flexibility index (Phi) is 4.52. The second kappa shape index (κ2) is 6.92. The molecule has 0 radical (unpaired) electrons. The number of anilines is 1. The smallest absolute Gasteiger partial charge is 0.322 e. The van der Waals surface area contributed by atoms with Gasteiger partial charge in [0.15, 0.2) is 5.69 Å². The number of nitrogens with zero attached hydrogens (tertiary/aromatic N) is 5. The average molecular weight is 319 g/mol. The van der Waals surface area contributed by atoms with E-state index < -0.39 is 0 Å². The molecule has 0 N–H and O–H groups in total. The molecule has 1 aliphatic rings. The zero-order valence-corrected chi connectivity index (χ0v) is 13.2. The molecule has 0 saturated carbocycles. The van der Waals surface area contributed by atoms with E-state index in [9.17, 15) is 4.79 Å². The lowest BCUT2D eigenvalue weighted by Gasteiger charge is -2.18. The number of carbonyl (C=O) groups excluding carboxylic acids is 1.